The van der Waals surface area contributed by atoms with E-state index < -0.39 is 0 Å². The molecule has 110 valence electrons. The highest BCUT2D eigenvalue weighted by Crippen LogP contribution is 2.31. The van der Waals surface area contributed by atoms with Gasteiger partial charge in [0.05, 0.1) is 6.04 Å². The van der Waals surface area contributed by atoms with E-state index in [1.165, 1.54) is 32.1 Å². The van der Waals surface area contributed by atoms with E-state index in [1.807, 2.05) is 0 Å². The number of aryl methyl sites for hydroxylation is 1. The Bertz CT molecular complexity index is 326. The summed E-state index contributed by atoms with van der Waals surface area (Å²) in [6.45, 7) is 9.99. The van der Waals surface area contributed by atoms with Crippen LogP contribution in [0, 0.1) is 5.92 Å². The quantitative estimate of drug-likeness (QED) is 0.636. The van der Waals surface area contributed by atoms with Crippen LogP contribution in [0.1, 0.15) is 77.4 Å². The van der Waals surface area contributed by atoms with Gasteiger partial charge in [-0.15, -0.1) is 0 Å². The predicted molar refractivity (Wildman–Crippen MR) is 82.4 cm³/mol. The number of hydrogen-bond donors (Lipinski definition) is 1. The molecule has 1 aromatic rings. The van der Waals surface area contributed by atoms with Gasteiger partial charge in [0.25, 0.3) is 0 Å². The highest BCUT2D eigenvalue weighted by atomic mass is 16.3. The zero-order chi connectivity index (χ0) is 14.1. The highest BCUT2D eigenvalue weighted by Gasteiger charge is 2.24. The third-order valence-electron chi connectivity index (χ3n) is 3.74. The number of rotatable bonds is 10. The van der Waals surface area contributed by atoms with Crippen molar-refractivity contribution in [1.29, 1.82) is 0 Å². The molecule has 0 aliphatic rings. The molecule has 1 aromatic heterocycles. The van der Waals surface area contributed by atoms with Crippen molar-refractivity contribution in [2.75, 3.05) is 6.54 Å². The van der Waals surface area contributed by atoms with Gasteiger partial charge in [-0.05, 0) is 43.9 Å². The van der Waals surface area contributed by atoms with Crippen molar-refractivity contribution in [3.63, 3.8) is 0 Å². The molecule has 0 amide bonds. The minimum Gasteiger partial charge on any atom is -0.464 e. The van der Waals surface area contributed by atoms with Crippen LogP contribution in [0.2, 0.25) is 0 Å². The molecule has 0 aliphatic heterocycles. The van der Waals surface area contributed by atoms with Crippen molar-refractivity contribution in [3.05, 3.63) is 23.7 Å². The first-order valence-corrected chi connectivity index (χ1v) is 8.08. The van der Waals surface area contributed by atoms with Crippen molar-refractivity contribution in [3.8, 4) is 0 Å². The summed E-state index contributed by atoms with van der Waals surface area (Å²) >= 11 is 0. The minimum absolute atomic E-state index is 0.389. The summed E-state index contributed by atoms with van der Waals surface area (Å²) in [7, 11) is 0. The Morgan fingerprint density at radius 1 is 1.00 bits per heavy atom. The van der Waals surface area contributed by atoms with Gasteiger partial charge in [0, 0.05) is 6.42 Å². The van der Waals surface area contributed by atoms with Crippen LogP contribution >= 0.6 is 0 Å². The van der Waals surface area contributed by atoms with Crippen LogP contribution < -0.4 is 5.32 Å². The van der Waals surface area contributed by atoms with Crippen LogP contribution in [0.15, 0.2) is 16.5 Å². The van der Waals surface area contributed by atoms with Gasteiger partial charge in [0.15, 0.2) is 0 Å². The fourth-order valence-corrected chi connectivity index (χ4v) is 2.77. The second kappa shape index (κ2) is 9.19. The molecule has 1 rings (SSSR count). The second-order valence-corrected chi connectivity index (χ2v) is 5.43. The SMILES string of the molecule is CCCNC(c1ccc(CC)o1)C(CCC)CCC. The van der Waals surface area contributed by atoms with Crippen LogP contribution in [0.3, 0.4) is 0 Å². The lowest BCUT2D eigenvalue weighted by Gasteiger charge is -2.26. The Morgan fingerprint density at radius 2 is 1.68 bits per heavy atom. The monoisotopic (exact) mass is 265 g/mol. The van der Waals surface area contributed by atoms with Crippen LogP contribution in [0.5, 0.6) is 0 Å². The zero-order valence-corrected chi connectivity index (χ0v) is 13.2. The molecule has 0 radical (unpaired) electrons. The summed E-state index contributed by atoms with van der Waals surface area (Å²) in [6.07, 6.45) is 7.19. The maximum absolute atomic E-state index is 6.00. The molecule has 2 nitrogen and oxygen atoms in total. The Kier molecular flexibility index (Phi) is 7.88. The molecule has 0 aliphatic carbocycles. The lowest BCUT2D eigenvalue weighted by atomic mass is 9.89. The summed E-state index contributed by atoms with van der Waals surface area (Å²) < 4.78 is 6.00. The molecule has 0 saturated heterocycles. The van der Waals surface area contributed by atoms with Gasteiger partial charge in [-0.3, -0.25) is 0 Å². The van der Waals surface area contributed by atoms with Crippen molar-refractivity contribution in [1.82, 2.24) is 5.32 Å². The van der Waals surface area contributed by atoms with E-state index in [0.29, 0.717) is 12.0 Å². The van der Waals surface area contributed by atoms with E-state index in [-0.39, 0.29) is 0 Å². The third kappa shape index (κ3) is 5.02. The van der Waals surface area contributed by atoms with Crippen molar-refractivity contribution >= 4 is 0 Å². The highest BCUT2D eigenvalue weighted by molar-refractivity contribution is 5.12. The topological polar surface area (TPSA) is 25.2 Å². The Labute approximate surface area is 119 Å². The molecule has 2 heteroatoms. The van der Waals surface area contributed by atoms with Crippen LogP contribution in [-0.4, -0.2) is 6.54 Å². The van der Waals surface area contributed by atoms with Crippen LogP contribution in [0.4, 0.5) is 0 Å². The minimum atomic E-state index is 0.389. The van der Waals surface area contributed by atoms with Gasteiger partial charge in [-0.1, -0.05) is 40.5 Å². The van der Waals surface area contributed by atoms with Gasteiger partial charge >= 0.3 is 0 Å². The first kappa shape index (κ1) is 16.3. The van der Waals surface area contributed by atoms with Crippen molar-refractivity contribution in [2.45, 2.75) is 72.3 Å². The normalized spacial score (nSPS) is 13.1. The lowest BCUT2D eigenvalue weighted by Crippen LogP contribution is -2.28. The van der Waals surface area contributed by atoms with E-state index in [2.05, 4.69) is 45.1 Å². The summed E-state index contributed by atoms with van der Waals surface area (Å²) in [5.41, 5.74) is 0. The zero-order valence-electron chi connectivity index (χ0n) is 13.2. The molecular weight excluding hydrogens is 234 g/mol. The third-order valence-corrected chi connectivity index (χ3v) is 3.74. The van der Waals surface area contributed by atoms with E-state index in [1.54, 1.807) is 0 Å². The van der Waals surface area contributed by atoms with Crippen molar-refractivity contribution < 1.29 is 4.42 Å². The first-order chi connectivity index (χ1) is 9.26. The standard InChI is InChI=1S/C17H31NO/c1-5-9-14(10-6-2)17(18-13-7-3)16-12-11-15(8-4)19-16/h11-12,14,17-18H,5-10,13H2,1-4H3. The maximum Gasteiger partial charge on any atom is 0.121 e. The molecule has 0 fully saturated rings. The predicted octanol–water partition coefficient (Wildman–Crippen LogP) is 5.10. The summed E-state index contributed by atoms with van der Waals surface area (Å²) in [5.74, 6) is 2.93. The average Bonchev–Trinajstić information content (AvgIpc) is 2.88. The van der Waals surface area contributed by atoms with Gasteiger partial charge in [0.2, 0.25) is 0 Å². The molecule has 0 spiro atoms. The van der Waals surface area contributed by atoms with Crippen LogP contribution in [-0.2, 0) is 6.42 Å². The first-order valence-electron chi connectivity index (χ1n) is 8.08. The van der Waals surface area contributed by atoms with Crippen LogP contribution in [0.25, 0.3) is 0 Å². The molecule has 0 saturated carbocycles. The number of hydrogen-bond acceptors (Lipinski definition) is 2. The van der Waals surface area contributed by atoms with E-state index in [4.69, 9.17) is 4.42 Å². The molecule has 1 unspecified atom stereocenters. The fourth-order valence-electron chi connectivity index (χ4n) is 2.77. The largest absolute Gasteiger partial charge is 0.464 e. The van der Waals surface area contributed by atoms with Gasteiger partial charge in [0.1, 0.15) is 11.5 Å². The number of nitrogens with one attached hydrogen (secondary N) is 1. The molecule has 1 atom stereocenters. The smallest absolute Gasteiger partial charge is 0.121 e. The summed E-state index contributed by atoms with van der Waals surface area (Å²) in [5, 5.41) is 3.70. The Morgan fingerprint density at radius 3 is 2.16 bits per heavy atom. The molecule has 1 heterocycles. The Hall–Kier alpha value is -0.760. The van der Waals surface area contributed by atoms with E-state index >= 15 is 0 Å². The number of furan rings is 1. The van der Waals surface area contributed by atoms with E-state index in [9.17, 15) is 0 Å². The van der Waals surface area contributed by atoms with Gasteiger partial charge in [-0.25, -0.2) is 0 Å². The summed E-state index contributed by atoms with van der Waals surface area (Å²) in [4.78, 5) is 0. The molecule has 1 N–H and O–H groups in total. The molecule has 0 aromatic carbocycles. The Balaban J connectivity index is 2.83. The van der Waals surface area contributed by atoms with E-state index in [0.717, 1.165) is 24.5 Å². The average molecular weight is 265 g/mol. The molecule has 19 heavy (non-hydrogen) atoms. The van der Waals surface area contributed by atoms with Crippen molar-refractivity contribution in [2.24, 2.45) is 5.92 Å². The molecule has 0 bridgehead atoms. The molecular formula is C17H31NO. The second-order valence-electron chi connectivity index (χ2n) is 5.43. The summed E-state index contributed by atoms with van der Waals surface area (Å²) in [6, 6.07) is 4.69. The van der Waals surface area contributed by atoms with Gasteiger partial charge in [-0.2, -0.15) is 0 Å². The lowest BCUT2D eigenvalue weighted by molar-refractivity contribution is 0.273. The maximum atomic E-state index is 6.00. The fraction of sp³-hybridized carbons (Fsp3) is 0.765. The van der Waals surface area contributed by atoms with Gasteiger partial charge < -0.3 is 9.73 Å².